The van der Waals surface area contributed by atoms with E-state index in [0.29, 0.717) is 12.1 Å². The molecule has 0 aliphatic heterocycles. The summed E-state index contributed by atoms with van der Waals surface area (Å²) in [6, 6.07) is 5.36. The van der Waals surface area contributed by atoms with Crippen molar-refractivity contribution in [3.8, 4) is 0 Å². The fourth-order valence-corrected chi connectivity index (χ4v) is 2.81. The SMILES string of the molecule is Fc1c(Cl)cccc1CNC1CCCCC1Cl. The van der Waals surface area contributed by atoms with Gasteiger partial charge in [0.25, 0.3) is 0 Å². The van der Waals surface area contributed by atoms with Gasteiger partial charge in [0.2, 0.25) is 0 Å². The standard InChI is InChI=1S/C13H16Cl2FN/c14-10-5-1-2-7-12(10)17-8-9-4-3-6-11(15)13(9)16/h3-4,6,10,12,17H,1-2,5,7-8H2. The molecule has 0 spiro atoms. The van der Waals surface area contributed by atoms with Gasteiger partial charge in [-0.3, -0.25) is 0 Å². The van der Waals surface area contributed by atoms with Crippen molar-refractivity contribution >= 4 is 23.2 Å². The maximum Gasteiger partial charge on any atom is 0.146 e. The topological polar surface area (TPSA) is 12.0 Å². The summed E-state index contributed by atoms with van der Waals surface area (Å²) in [5.74, 6) is -0.330. The molecule has 2 rings (SSSR count). The minimum absolute atomic E-state index is 0.158. The molecule has 0 bridgehead atoms. The summed E-state index contributed by atoms with van der Waals surface area (Å²) in [4.78, 5) is 0. The van der Waals surface area contributed by atoms with Gasteiger partial charge >= 0.3 is 0 Å². The normalized spacial score (nSPS) is 24.9. The van der Waals surface area contributed by atoms with Crippen LogP contribution in [0.4, 0.5) is 4.39 Å². The number of hydrogen-bond acceptors (Lipinski definition) is 1. The van der Waals surface area contributed by atoms with E-state index in [1.165, 1.54) is 12.8 Å². The van der Waals surface area contributed by atoms with E-state index >= 15 is 0 Å². The summed E-state index contributed by atoms with van der Waals surface area (Å²) in [6.07, 6.45) is 4.49. The first-order valence-electron chi connectivity index (χ1n) is 5.99. The van der Waals surface area contributed by atoms with Crippen LogP contribution in [-0.4, -0.2) is 11.4 Å². The van der Waals surface area contributed by atoms with Gasteiger partial charge in [0.05, 0.1) is 5.02 Å². The number of hydrogen-bond donors (Lipinski definition) is 1. The number of halogens is 3. The van der Waals surface area contributed by atoms with Crippen LogP contribution in [0.3, 0.4) is 0 Å². The Kier molecular flexibility index (Phi) is 4.66. The molecule has 0 amide bonds. The third-order valence-corrected chi connectivity index (χ3v) is 4.08. The summed E-state index contributed by atoms with van der Waals surface area (Å²) < 4.78 is 13.6. The van der Waals surface area contributed by atoms with Crippen LogP contribution in [0.2, 0.25) is 5.02 Å². The minimum atomic E-state index is -0.330. The van der Waals surface area contributed by atoms with E-state index in [4.69, 9.17) is 23.2 Å². The lowest BCUT2D eigenvalue weighted by molar-refractivity contribution is 0.376. The fraction of sp³-hybridized carbons (Fsp3) is 0.538. The van der Waals surface area contributed by atoms with Crippen molar-refractivity contribution in [1.29, 1.82) is 0 Å². The smallest absolute Gasteiger partial charge is 0.146 e. The van der Waals surface area contributed by atoms with Crippen molar-refractivity contribution in [3.05, 3.63) is 34.6 Å². The maximum absolute atomic E-state index is 13.6. The molecule has 1 aliphatic carbocycles. The van der Waals surface area contributed by atoms with Crippen molar-refractivity contribution in [2.75, 3.05) is 0 Å². The third kappa shape index (κ3) is 3.34. The third-order valence-electron chi connectivity index (χ3n) is 3.27. The molecule has 1 aliphatic rings. The predicted molar refractivity (Wildman–Crippen MR) is 70.1 cm³/mol. The first kappa shape index (κ1) is 13.1. The van der Waals surface area contributed by atoms with E-state index < -0.39 is 0 Å². The van der Waals surface area contributed by atoms with Gasteiger partial charge in [0, 0.05) is 23.5 Å². The number of alkyl halides is 1. The van der Waals surface area contributed by atoms with E-state index in [0.717, 1.165) is 12.8 Å². The lowest BCUT2D eigenvalue weighted by Crippen LogP contribution is -2.39. The second kappa shape index (κ2) is 6.03. The zero-order valence-electron chi connectivity index (χ0n) is 9.56. The highest BCUT2D eigenvalue weighted by molar-refractivity contribution is 6.30. The lowest BCUT2D eigenvalue weighted by Gasteiger charge is -2.28. The van der Waals surface area contributed by atoms with Gasteiger partial charge in [-0.15, -0.1) is 11.6 Å². The average Bonchev–Trinajstić information content (AvgIpc) is 2.33. The van der Waals surface area contributed by atoms with E-state index in [-0.39, 0.29) is 22.3 Å². The molecule has 2 unspecified atom stereocenters. The molecule has 1 aromatic rings. The molecule has 1 fully saturated rings. The molecule has 1 saturated carbocycles. The van der Waals surface area contributed by atoms with Gasteiger partial charge in [-0.2, -0.15) is 0 Å². The molecule has 0 aromatic heterocycles. The maximum atomic E-state index is 13.6. The van der Waals surface area contributed by atoms with Crippen LogP contribution in [0, 0.1) is 5.82 Å². The summed E-state index contributed by atoms with van der Waals surface area (Å²) in [6.45, 7) is 0.486. The molecule has 1 nitrogen and oxygen atoms in total. The van der Waals surface area contributed by atoms with Crippen LogP contribution in [0.5, 0.6) is 0 Å². The van der Waals surface area contributed by atoms with Crippen LogP contribution < -0.4 is 5.32 Å². The van der Waals surface area contributed by atoms with Gasteiger partial charge in [0.15, 0.2) is 0 Å². The lowest BCUT2D eigenvalue weighted by atomic mass is 9.95. The number of rotatable bonds is 3. The van der Waals surface area contributed by atoms with Crippen molar-refractivity contribution in [1.82, 2.24) is 5.32 Å². The Morgan fingerprint density at radius 2 is 2.06 bits per heavy atom. The molecule has 0 saturated heterocycles. The molecule has 1 N–H and O–H groups in total. The number of nitrogens with one attached hydrogen (secondary N) is 1. The Morgan fingerprint density at radius 1 is 1.29 bits per heavy atom. The summed E-state index contributed by atoms with van der Waals surface area (Å²) in [5, 5.41) is 3.66. The average molecular weight is 276 g/mol. The molecule has 17 heavy (non-hydrogen) atoms. The molecule has 0 heterocycles. The van der Waals surface area contributed by atoms with Gasteiger partial charge in [-0.05, 0) is 18.9 Å². The van der Waals surface area contributed by atoms with Crippen LogP contribution in [0.25, 0.3) is 0 Å². The van der Waals surface area contributed by atoms with Crippen molar-refractivity contribution in [2.24, 2.45) is 0 Å². The van der Waals surface area contributed by atoms with Crippen LogP contribution in [0.1, 0.15) is 31.2 Å². The van der Waals surface area contributed by atoms with Crippen molar-refractivity contribution in [3.63, 3.8) is 0 Å². The molecule has 94 valence electrons. The molecule has 2 atom stereocenters. The van der Waals surface area contributed by atoms with E-state index in [1.54, 1.807) is 18.2 Å². The summed E-state index contributed by atoms with van der Waals surface area (Å²) in [7, 11) is 0. The first-order valence-corrected chi connectivity index (χ1v) is 6.80. The molecular weight excluding hydrogens is 260 g/mol. The molecule has 4 heteroatoms. The van der Waals surface area contributed by atoms with Gasteiger partial charge in [-0.1, -0.05) is 36.6 Å². The van der Waals surface area contributed by atoms with Crippen molar-refractivity contribution in [2.45, 2.75) is 43.6 Å². The Morgan fingerprint density at radius 3 is 2.82 bits per heavy atom. The van der Waals surface area contributed by atoms with Crippen LogP contribution >= 0.6 is 23.2 Å². The second-order valence-corrected chi connectivity index (χ2v) is 5.47. The zero-order chi connectivity index (χ0) is 12.3. The summed E-state index contributed by atoms with van der Waals surface area (Å²) in [5.41, 5.74) is 0.604. The van der Waals surface area contributed by atoms with E-state index in [2.05, 4.69) is 5.32 Å². The summed E-state index contributed by atoms with van der Waals surface area (Å²) >= 11 is 12.0. The fourth-order valence-electron chi connectivity index (χ4n) is 2.24. The Labute approximate surface area is 111 Å². The van der Waals surface area contributed by atoms with Gasteiger partial charge < -0.3 is 5.32 Å². The van der Waals surface area contributed by atoms with Crippen molar-refractivity contribution < 1.29 is 4.39 Å². The predicted octanol–water partition coefficient (Wildman–Crippen LogP) is 4.12. The van der Waals surface area contributed by atoms with Gasteiger partial charge in [-0.25, -0.2) is 4.39 Å². The first-order chi connectivity index (χ1) is 8.18. The number of benzene rings is 1. The Balaban J connectivity index is 1.95. The molecular formula is C13H16Cl2FN. The van der Waals surface area contributed by atoms with Crippen LogP contribution in [0.15, 0.2) is 18.2 Å². The second-order valence-electron chi connectivity index (χ2n) is 4.50. The minimum Gasteiger partial charge on any atom is -0.308 e. The van der Waals surface area contributed by atoms with Gasteiger partial charge in [0.1, 0.15) is 5.82 Å². The monoisotopic (exact) mass is 275 g/mol. The highest BCUT2D eigenvalue weighted by atomic mass is 35.5. The largest absolute Gasteiger partial charge is 0.308 e. The van der Waals surface area contributed by atoms with E-state index in [9.17, 15) is 4.39 Å². The molecule has 1 aromatic carbocycles. The highest BCUT2D eigenvalue weighted by Crippen LogP contribution is 2.24. The quantitative estimate of drug-likeness (QED) is 0.819. The Bertz CT molecular complexity index is 384. The van der Waals surface area contributed by atoms with Crippen LogP contribution in [-0.2, 0) is 6.54 Å². The molecule has 0 radical (unpaired) electrons. The Hall–Kier alpha value is -0.310. The highest BCUT2D eigenvalue weighted by Gasteiger charge is 2.22. The van der Waals surface area contributed by atoms with E-state index in [1.807, 2.05) is 0 Å². The zero-order valence-corrected chi connectivity index (χ0v) is 11.1.